The molecule has 0 spiro atoms. The van der Waals surface area contributed by atoms with Gasteiger partial charge in [0.25, 0.3) is 5.91 Å². The molecule has 5 saturated carbocycles. The van der Waals surface area contributed by atoms with E-state index in [0.717, 1.165) is 43.4 Å². The fourth-order valence-corrected chi connectivity index (χ4v) is 7.72. The van der Waals surface area contributed by atoms with Gasteiger partial charge in [0, 0.05) is 13.1 Å². The zero-order valence-electron chi connectivity index (χ0n) is 18.3. The zero-order valence-corrected chi connectivity index (χ0v) is 18.3. The highest BCUT2D eigenvalue weighted by Gasteiger charge is 2.51. The number of nitrogens with zero attached hydrogens (tertiary/aromatic N) is 1. The molecular weight excluding hydrogens is 396 g/mol. The van der Waals surface area contributed by atoms with Crippen LogP contribution in [0.3, 0.4) is 0 Å². The van der Waals surface area contributed by atoms with Gasteiger partial charge in [-0.05, 0) is 74.5 Å². The Kier molecular flexibility index (Phi) is 5.55. The van der Waals surface area contributed by atoms with Gasteiger partial charge >= 0.3 is 5.97 Å². The molecule has 6 rings (SSSR count). The van der Waals surface area contributed by atoms with Gasteiger partial charge in [-0.25, -0.2) is 0 Å². The number of amides is 3. The highest BCUT2D eigenvalue weighted by molar-refractivity contribution is 6.05. The van der Waals surface area contributed by atoms with E-state index >= 15 is 0 Å². The first-order valence-corrected chi connectivity index (χ1v) is 12.2. The standard InChI is InChI=1S/C24H34N2O5/c27-20(25-14-24-10-15-7-16(11-24)9-17(8-15)12-24)13-31-21(28)5-6-26-22(29)18-3-1-2-4-19(18)23(26)30/h15-19H,1-14H2,(H,25,27)/t15?,16?,17?,18-,19+,24?. The number of carbonyl (C=O) groups excluding carboxylic acids is 4. The normalized spacial score (nSPS) is 38.3. The molecule has 4 bridgehead atoms. The van der Waals surface area contributed by atoms with Crippen molar-refractivity contribution in [3.05, 3.63) is 0 Å². The van der Waals surface area contributed by atoms with Crippen LogP contribution in [0.25, 0.3) is 0 Å². The minimum absolute atomic E-state index is 0.0540. The Morgan fingerprint density at radius 1 is 0.935 bits per heavy atom. The van der Waals surface area contributed by atoms with E-state index in [1.807, 2.05) is 0 Å². The molecule has 2 atom stereocenters. The average molecular weight is 431 g/mol. The Morgan fingerprint density at radius 2 is 1.48 bits per heavy atom. The molecule has 5 aliphatic carbocycles. The molecule has 1 heterocycles. The summed E-state index contributed by atoms with van der Waals surface area (Å²) in [5, 5.41) is 3.01. The zero-order chi connectivity index (χ0) is 21.6. The van der Waals surface area contributed by atoms with Crippen LogP contribution >= 0.6 is 0 Å². The van der Waals surface area contributed by atoms with Crippen LogP contribution in [-0.4, -0.2) is 48.3 Å². The van der Waals surface area contributed by atoms with Gasteiger partial charge in [0.2, 0.25) is 11.8 Å². The molecule has 0 aromatic rings. The van der Waals surface area contributed by atoms with Crippen molar-refractivity contribution in [3.8, 4) is 0 Å². The summed E-state index contributed by atoms with van der Waals surface area (Å²) in [7, 11) is 0. The molecule has 0 radical (unpaired) electrons. The third-order valence-corrected chi connectivity index (χ3v) is 8.66. The van der Waals surface area contributed by atoms with Crippen LogP contribution in [0.1, 0.15) is 70.6 Å². The van der Waals surface area contributed by atoms with Gasteiger partial charge in [-0.3, -0.25) is 24.1 Å². The van der Waals surface area contributed by atoms with Crippen LogP contribution in [0.2, 0.25) is 0 Å². The van der Waals surface area contributed by atoms with Gasteiger partial charge in [0.15, 0.2) is 6.61 Å². The molecule has 170 valence electrons. The van der Waals surface area contributed by atoms with Crippen LogP contribution in [-0.2, 0) is 23.9 Å². The maximum Gasteiger partial charge on any atom is 0.308 e. The van der Waals surface area contributed by atoms with E-state index in [4.69, 9.17) is 4.74 Å². The van der Waals surface area contributed by atoms with E-state index in [1.54, 1.807) is 0 Å². The van der Waals surface area contributed by atoms with Gasteiger partial charge in [0.1, 0.15) is 0 Å². The lowest BCUT2D eigenvalue weighted by Gasteiger charge is -2.56. The van der Waals surface area contributed by atoms with Crippen molar-refractivity contribution in [3.63, 3.8) is 0 Å². The van der Waals surface area contributed by atoms with Crippen LogP contribution in [0.15, 0.2) is 0 Å². The number of carbonyl (C=O) groups is 4. The molecule has 0 unspecified atom stereocenters. The van der Waals surface area contributed by atoms with Gasteiger partial charge in [-0.2, -0.15) is 0 Å². The number of imide groups is 1. The lowest BCUT2D eigenvalue weighted by Crippen LogP contribution is -2.51. The summed E-state index contributed by atoms with van der Waals surface area (Å²) in [5.41, 5.74) is 0.252. The number of hydrogen-bond acceptors (Lipinski definition) is 5. The summed E-state index contributed by atoms with van der Waals surface area (Å²) < 4.78 is 5.12. The average Bonchev–Trinajstić information content (AvgIpc) is 2.98. The van der Waals surface area contributed by atoms with E-state index < -0.39 is 5.97 Å². The summed E-state index contributed by atoms with van der Waals surface area (Å²) in [6.45, 7) is 0.448. The molecule has 6 aliphatic rings. The Hall–Kier alpha value is -1.92. The number of likely N-dealkylation sites (tertiary alicyclic amines) is 1. The SMILES string of the molecule is O=C(COC(=O)CCN1C(=O)[C@H]2CCCC[C@H]2C1=O)NCC12CC3CC(CC(C3)C1)C2. The van der Waals surface area contributed by atoms with E-state index in [2.05, 4.69) is 5.32 Å². The first kappa shape index (κ1) is 21.0. The molecule has 7 heteroatoms. The van der Waals surface area contributed by atoms with E-state index in [9.17, 15) is 19.2 Å². The van der Waals surface area contributed by atoms with Gasteiger partial charge < -0.3 is 10.1 Å². The number of fused-ring (bicyclic) bond motifs is 1. The second-order valence-electron chi connectivity index (χ2n) is 10.9. The van der Waals surface area contributed by atoms with Crippen molar-refractivity contribution in [2.45, 2.75) is 70.6 Å². The summed E-state index contributed by atoms with van der Waals surface area (Å²) in [6.07, 6.45) is 11.2. The molecule has 1 N–H and O–H groups in total. The highest BCUT2D eigenvalue weighted by atomic mass is 16.5. The fraction of sp³-hybridized carbons (Fsp3) is 0.833. The van der Waals surface area contributed by atoms with E-state index in [-0.39, 0.29) is 54.5 Å². The molecular formula is C24H34N2O5. The van der Waals surface area contributed by atoms with Crippen molar-refractivity contribution < 1.29 is 23.9 Å². The van der Waals surface area contributed by atoms with Crippen molar-refractivity contribution in [1.82, 2.24) is 10.2 Å². The van der Waals surface area contributed by atoms with Crippen LogP contribution < -0.4 is 5.32 Å². The highest BCUT2D eigenvalue weighted by Crippen LogP contribution is 2.59. The monoisotopic (exact) mass is 430 g/mol. The number of rotatable bonds is 7. The number of esters is 1. The van der Waals surface area contributed by atoms with E-state index in [1.165, 1.54) is 43.4 Å². The summed E-state index contributed by atoms with van der Waals surface area (Å²) in [4.78, 5) is 50.5. The van der Waals surface area contributed by atoms with Crippen molar-refractivity contribution in [2.24, 2.45) is 35.0 Å². The predicted molar refractivity (Wildman–Crippen MR) is 111 cm³/mol. The first-order valence-electron chi connectivity index (χ1n) is 12.2. The third kappa shape index (κ3) is 4.12. The summed E-state index contributed by atoms with van der Waals surface area (Å²) in [5.74, 6) is 1.01. The maximum atomic E-state index is 12.5. The number of ether oxygens (including phenoxy) is 1. The quantitative estimate of drug-likeness (QED) is 0.495. The topological polar surface area (TPSA) is 92.8 Å². The Bertz CT molecular complexity index is 719. The van der Waals surface area contributed by atoms with Gasteiger partial charge in [0.05, 0.1) is 18.3 Å². The molecule has 7 nitrogen and oxygen atoms in total. The largest absolute Gasteiger partial charge is 0.456 e. The minimum Gasteiger partial charge on any atom is -0.456 e. The van der Waals surface area contributed by atoms with E-state index in [0.29, 0.717) is 6.54 Å². The van der Waals surface area contributed by atoms with Crippen LogP contribution in [0.5, 0.6) is 0 Å². The molecule has 1 aliphatic heterocycles. The van der Waals surface area contributed by atoms with Gasteiger partial charge in [-0.1, -0.05) is 12.8 Å². The Labute approximate surface area is 183 Å². The molecule has 3 amide bonds. The smallest absolute Gasteiger partial charge is 0.308 e. The predicted octanol–water partition coefficient (Wildman–Crippen LogP) is 2.43. The lowest BCUT2D eigenvalue weighted by atomic mass is 9.49. The molecule has 0 aromatic heterocycles. The molecule has 0 aromatic carbocycles. The maximum absolute atomic E-state index is 12.5. The summed E-state index contributed by atoms with van der Waals surface area (Å²) in [6, 6.07) is 0. The number of nitrogens with one attached hydrogen (secondary N) is 1. The second-order valence-corrected chi connectivity index (χ2v) is 10.9. The minimum atomic E-state index is -0.541. The van der Waals surface area contributed by atoms with Crippen LogP contribution in [0.4, 0.5) is 0 Å². The first-order chi connectivity index (χ1) is 14.9. The molecule has 6 fully saturated rings. The number of hydrogen-bond donors (Lipinski definition) is 1. The second kappa shape index (κ2) is 8.21. The van der Waals surface area contributed by atoms with Crippen LogP contribution in [0, 0.1) is 35.0 Å². The van der Waals surface area contributed by atoms with Gasteiger partial charge in [-0.15, -0.1) is 0 Å². The lowest BCUT2D eigenvalue weighted by molar-refractivity contribution is -0.150. The Balaban J connectivity index is 1.03. The van der Waals surface area contributed by atoms with Crippen molar-refractivity contribution in [2.75, 3.05) is 19.7 Å². The van der Waals surface area contributed by atoms with Crippen molar-refractivity contribution in [1.29, 1.82) is 0 Å². The third-order valence-electron chi connectivity index (χ3n) is 8.66. The Morgan fingerprint density at radius 3 is 2.03 bits per heavy atom. The van der Waals surface area contributed by atoms with Crippen molar-refractivity contribution >= 4 is 23.7 Å². The summed E-state index contributed by atoms with van der Waals surface area (Å²) >= 11 is 0. The molecule has 1 saturated heterocycles. The fourth-order valence-electron chi connectivity index (χ4n) is 7.72. The molecule has 31 heavy (non-hydrogen) atoms.